The van der Waals surface area contributed by atoms with Gasteiger partial charge >= 0.3 is 0 Å². The van der Waals surface area contributed by atoms with Crippen LogP contribution in [-0.4, -0.2) is 28.8 Å². The molecule has 0 fully saturated rings. The van der Waals surface area contributed by atoms with Crippen molar-refractivity contribution in [1.82, 2.24) is 20.4 Å². The van der Waals surface area contributed by atoms with E-state index in [0.29, 0.717) is 6.54 Å². The highest BCUT2D eigenvalue weighted by Gasteiger charge is 2.03. The number of nitrogens with zero attached hydrogens (tertiary/aromatic N) is 3. The number of rotatable bonds is 7. The number of hydrogen-bond acceptors (Lipinski definition) is 2. The average Bonchev–Trinajstić information content (AvgIpc) is 3.16. The lowest BCUT2D eigenvalue weighted by Gasteiger charge is -2.10. The minimum atomic E-state index is -0.249. The van der Waals surface area contributed by atoms with E-state index >= 15 is 0 Å². The summed E-state index contributed by atoms with van der Waals surface area (Å²) >= 11 is 0. The van der Waals surface area contributed by atoms with E-state index in [9.17, 15) is 4.39 Å². The third-order valence-corrected chi connectivity index (χ3v) is 4.02. The minimum Gasteiger partial charge on any atom is -0.357 e. The Kier molecular flexibility index (Phi) is 6.57. The van der Waals surface area contributed by atoms with Crippen LogP contribution in [0.1, 0.15) is 18.2 Å². The van der Waals surface area contributed by atoms with E-state index in [1.165, 1.54) is 17.7 Å². The van der Waals surface area contributed by atoms with Gasteiger partial charge in [0, 0.05) is 25.7 Å². The van der Waals surface area contributed by atoms with Crippen molar-refractivity contribution < 1.29 is 4.39 Å². The van der Waals surface area contributed by atoms with Crippen LogP contribution in [0.15, 0.2) is 71.9 Å². The molecule has 27 heavy (non-hydrogen) atoms. The smallest absolute Gasteiger partial charge is 0.191 e. The van der Waals surface area contributed by atoms with Gasteiger partial charge in [-0.3, -0.25) is 0 Å². The van der Waals surface area contributed by atoms with Gasteiger partial charge in [0.1, 0.15) is 5.82 Å². The van der Waals surface area contributed by atoms with Crippen LogP contribution >= 0.6 is 0 Å². The number of hydrogen-bond donors (Lipinski definition) is 2. The average molecular weight is 365 g/mol. The van der Waals surface area contributed by atoms with Crippen molar-refractivity contribution in [3.63, 3.8) is 0 Å². The van der Waals surface area contributed by atoms with Crippen LogP contribution in [0, 0.1) is 5.82 Å². The molecule has 0 bridgehead atoms. The fourth-order valence-corrected chi connectivity index (χ4v) is 2.64. The monoisotopic (exact) mass is 365 g/mol. The summed E-state index contributed by atoms with van der Waals surface area (Å²) in [5, 5.41) is 11.1. The molecule has 1 aromatic heterocycles. The van der Waals surface area contributed by atoms with Crippen LogP contribution in [0.4, 0.5) is 4.39 Å². The molecule has 0 unspecified atom stereocenters. The van der Waals surface area contributed by atoms with Gasteiger partial charge in [0.2, 0.25) is 0 Å². The second-order valence-electron chi connectivity index (χ2n) is 6.09. The van der Waals surface area contributed by atoms with E-state index in [1.807, 2.05) is 37.4 Å². The molecule has 0 radical (unpaired) electrons. The van der Waals surface area contributed by atoms with Gasteiger partial charge in [-0.1, -0.05) is 30.3 Å². The number of aromatic nitrogens is 2. The lowest BCUT2D eigenvalue weighted by molar-refractivity contribution is 0.627. The van der Waals surface area contributed by atoms with Crippen LogP contribution < -0.4 is 10.6 Å². The number of nitrogens with one attached hydrogen (secondary N) is 2. The first-order valence-corrected chi connectivity index (χ1v) is 9.11. The molecule has 0 saturated carbocycles. The molecular formula is C21H24FN5. The standard InChI is InChI=1S/C21H24FN5/c1-2-23-21(25-16-17-6-4-3-5-7-17)24-14-12-19-13-15-27(26-19)20-10-8-18(22)9-11-20/h3-11,13,15H,2,12,14,16H2,1H3,(H2,23,24,25). The van der Waals surface area contributed by atoms with E-state index in [-0.39, 0.29) is 5.82 Å². The van der Waals surface area contributed by atoms with Crippen molar-refractivity contribution in [3.05, 3.63) is 83.9 Å². The zero-order valence-electron chi connectivity index (χ0n) is 15.4. The van der Waals surface area contributed by atoms with Crippen molar-refractivity contribution >= 4 is 5.96 Å². The van der Waals surface area contributed by atoms with Gasteiger partial charge in [0.15, 0.2) is 5.96 Å². The zero-order chi connectivity index (χ0) is 18.9. The van der Waals surface area contributed by atoms with Crippen LogP contribution in [0.5, 0.6) is 0 Å². The van der Waals surface area contributed by atoms with Crippen LogP contribution in [0.25, 0.3) is 5.69 Å². The maximum absolute atomic E-state index is 13.0. The topological polar surface area (TPSA) is 54.2 Å². The Morgan fingerprint density at radius 2 is 1.81 bits per heavy atom. The molecule has 140 valence electrons. The molecule has 1 heterocycles. The third kappa shape index (κ3) is 5.67. The van der Waals surface area contributed by atoms with Crippen molar-refractivity contribution in [2.24, 2.45) is 4.99 Å². The molecule has 0 aliphatic carbocycles. The maximum Gasteiger partial charge on any atom is 0.191 e. The summed E-state index contributed by atoms with van der Waals surface area (Å²) in [4.78, 5) is 4.61. The molecule has 0 aliphatic heterocycles. The summed E-state index contributed by atoms with van der Waals surface area (Å²) in [5.41, 5.74) is 2.98. The summed E-state index contributed by atoms with van der Waals surface area (Å²) in [6, 6.07) is 18.4. The quantitative estimate of drug-likeness (QED) is 0.499. The Morgan fingerprint density at radius 1 is 1.04 bits per heavy atom. The Morgan fingerprint density at radius 3 is 2.56 bits per heavy atom. The van der Waals surface area contributed by atoms with E-state index in [4.69, 9.17) is 0 Å². The molecule has 0 saturated heterocycles. The highest BCUT2D eigenvalue weighted by Crippen LogP contribution is 2.09. The van der Waals surface area contributed by atoms with Gasteiger partial charge < -0.3 is 10.6 Å². The van der Waals surface area contributed by atoms with Crippen molar-refractivity contribution in [2.75, 3.05) is 13.1 Å². The zero-order valence-corrected chi connectivity index (χ0v) is 15.4. The summed E-state index contributed by atoms with van der Waals surface area (Å²) in [6.07, 6.45) is 2.65. The normalized spacial score (nSPS) is 11.4. The Bertz CT molecular complexity index is 856. The largest absolute Gasteiger partial charge is 0.357 e. The summed E-state index contributed by atoms with van der Waals surface area (Å²) in [5.74, 6) is 0.542. The molecule has 0 spiro atoms. The molecule has 0 aliphatic rings. The van der Waals surface area contributed by atoms with Gasteiger partial charge in [-0.2, -0.15) is 5.10 Å². The highest BCUT2D eigenvalue weighted by molar-refractivity contribution is 5.79. The maximum atomic E-state index is 13.0. The van der Waals surface area contributed by atoms with Crippen LogP contribution in [0.3, 0.4) is 0 Å². The van der Waals surface area contributed by atoms with Crippen LogP contribution in [0.2, 0.25) is 0 Å². The van der Waals surface area contributed by atoms with E-state index < -0.39 is 0 Å². The molecule has 5 nitrogen and oxygen atoms in total. The number of benzene rings is 2. The molecule has 3 aromatic rings. The highest BCUT2D eigenvalue weighted by atomic mass is 19.1. The predicted octanol–water partition coefficient (Wildman–Crippen LogP) is 3.31. The summed E-state index contributed by atoms with van der Waals surface area (Å²) in [7, 11) is 0. The van der Waals surface area contributed by atoms with Gasteiger partial charge in [0.05, 0.1) is 17.9 Å². The van der Waals surface area contributed by atoms with Gasteiger partial charge in [-0.15, -0.1) is 0 Å². The first kappa shape index (κ1) is 18.6. The number of halogens is 1. The third-order valence-electron chi connectivity index (χ3n) is 4.02. The predicted molar refractivity (Wildman–Crippen MR) is 106 cm³/mol. The molecule has 3 rings (SSSR count). The fraction of sp³-hybridized carbons (Fsp3) is 0.238. The molecular weight excluding hydrogens is 341 g/mol. The molecule has 2 N–H and O–H groups in total. The van der Waals surface area contributed by atoms with Gasteiger partial charge in [0.25, 0.3) is 0 Å². The summed E-state index contributed by atoms with van der Waals surface area (Å²) < 4.78 is 14.8. The first-order chi connectivity index (χ1) is 13.2. The lowest BCUT2D eigenvalue weighted by atomic mass is 10.2. The van der Waals surface area contributed by atoms with Crippen molar-refractivity contribution in [2.45, 2.75) is 19.9 Å². The van der Waals surface area contributed by atoms with E-state index in [2.05, 4.69) is 32.9 Å². The second-order valence-corrected chi connectivity index (χ2v) is 6.09. The van der Waals surface area contributed by atoms with Gasteiger partial charge in [-0.25, -0.2) is 14.1 Å². The Hall–Kier alpha value is -3.15. The second kappa shape index (κ2) is 9.52. The van der Waals surface area contributed by atoms with Crippen LogP contribution in [-0.2, 0) is 13.0 Å². The Labute approximate surface area is 159 Å². The molecule has 0 atom stereocenters. The number of aliphatic imine (C=N–C) groups is 1. The van der Waals surface area contributed by atoms with E-state index in [0.717, 1.165) is 36.9 Å². The van der Waals surface area contributed by atoms with Gasteiger partial charge in [-0.05, 0) is 42.8 Å². The fourth-order valence-electron chi connectivity index (χ4n) is 2.64. The first-order valence-electron chi connectivity index (χ1n) is 9.11. The van der Waals surface area contributed by atoms with Crippen molar-refractivity contribution in [1.29, 1.82) is 0 Å². The lowest BCUT2D eigenvalue weighted by Crippen LogP contribution is -2.38. The Balaban J connectivity index is 1.53. The minimum absolute atomic E-state index is 0.249. The molecule has 6 heteroatoms. The van der Waals surface area contributed by atoms with Crippen molar-refractivity contribution in [3.8, 4) is 5.69 Å². The summed E-state index contributed by atoms with van der Waals surface area (Å²) in [6.45, 7) is 4.21. The molecule has 2 aromatic carbocycles. The van der Waals surface area contributed by atoms with E-state index in [1.54, 1.807) is 16.8 Å². The SMILES string of the molecule is CCNC(=NCc1ccccc1)NCCc1ccn(-c2ccc(F)cc2)n1. The number of guanidine groups is 1. The molecule has 0 amide bonds.